The summed E-state index contributed by atoms with van der Waals surface area (Å²) < 4.78 is 5.24. The molecule has 0 aliphatic carbocycles. The molecule has 150 valence electrons. The lowest BCUT2D eigenvalue weighted by Crippen LogP contribution is -2.43. The van der Waals surface area contributed by atoms with Crippen molar-refractivity contribution < 1.29 is 9.53 Å². The topological polar surface area (TPSA) is 36.0 Å². The lowest BCUT2D eigenvalue weighted by Gasteiger charge is -2.32. The molecule has 0 saturated carbocycles. The predicted octanol–water partition coefficient (Wildman–Crippen LogP) is 2.25. The zero-order chi connectivity index (χ0) is 19.1. The van der Waals surface area contributed by atoms with Gasteiger partial charge in [0, 0.05) is 52.4 Å². The zero-order valence-electron chi connectivity index (χ0n) is 17.0. The summed E-state index contributed by atoms with van der Waals surface area (Å²) >= 11 is 0. The van der Waals surface area contributed by atoms with E-state index in [1.54, 1.807) is 0 Å². The Morgan fingerprint density at radius 2 is 1.63 bits per heavy atom. The summed E-state index contributed by atoms with van der Waals surface area (Å²) in [6.07, 6.45) is 3.32. The summed E-state index contributed by atoms with van der Waals surface area (Å²) in [4.78, 5) is 18.9. The highest BCUT2D eigenvalue weighted by molar-refractivity contribution is 5.77. The van der Waals surface area contributed by atoms with Crippen molar-refractivity contribution in [3.63, 3.8) is 0 Å². The predicted molar refractivity (Wildman–Crippen MR) is 109 cm³/mol. The second kappa shape index (κ2) is 10.2. The van der Waals surface area contributed by atoms with Gasteiger partial charge in [0.2, 0.25) is 5.91 Å². The lowest BCUT2D eigenvalue weighted by atomic mass is 9.90. The number of carbonyl (C=O) groups excluding carboxylic acids is 1. The number of piperidine rings is 1. The molecule has 0 radical (unpaired) electrons. The number of rotatable bonds is 7. The molecule has 0 spiro atoms. The Bertz CT molecular complexity index is 574. The van der Waals surface area contributed by atoms with Gasteiger partial charge in [-0.3, -0.25) is 9.69 Å². The molecule has 0 aromatic heterocycles. The number of piperazine rings is 1. The number of likely N-dealkylation sites (tertiary alicyclic amines) is 1. The number of likely N-dealkylation sites (N-methyl/N-ethyl adjacent to an activating group) is 1. The van der Waals surface area contributed by atoms with E-state index in [4.69, 9.17) is 4.74 Å². The average Bonchev–Trinajstić information content (AvgIpc) is 2.70. The number of amides is 1. The van der Waals surface area contributed by atoms with E-state index in [1.807, 2.05) is 11.8 Å². The smallest absolute Gasteiger partial charge is 0.248 e. The number of hydrogen-bond acceptors (Lipinski definition) is 4. The van der Waals surface area contributed by atoms with Gasteiger partial charge in [0.15, 0.2) is 0 Å². The second-order valence-corrected chi connectivity index (χ2v) is 8.06. The molecule has 0 bridgehead atoms. The highest BCUT2D eigenvalue weighted by Crippen LogP contribution is 2.22. The minimum absolute atomic E-state index is 0.142. The highest BCUT2D eigenvalue weighted by atomic mass is 16.5. The fourth-order valence-corrected chi connectivity index (χ4v) is 4.05. The Morgan fingerprint density at radius 1 is 1.00 bits per heavy atom. The summed E-state index contributed by atoms with van der Waals surface area (Å²) in [6, 6.07) is 9.21. The van der Waals surface area contributed by atoms with Gasteiger partial charge < -0.3 is 14.5 Å². The third kappa shape index (κ3) is 6.30. The summed E-state index contributed by atoms with van der Waals surface area (Å²) in [5.41, 5.74) is 2.84. The van der Waals surface area contributed by atoms with E-state index in [-0.39, 0.29) is 12.5 Å². The Hall–Kier alpha value is -1.43. The van der Waals surface area contributed by atoms with E-state index in [1.165, 1.54) is 37.3 Å². The van der Waals surface area contributed by atoms with Gasteiger partial charge in [0.05, 0.1) is 0 Å². The maximum absolute atomic E-state index is 12.0. The Kier molecular flexibility index (Phi) is 7.68. The van der Waals surface area contributed by atoms with E-state index in [2.05, 4.69) is 41.1 Å². The van der Waals surface area contributed by atoms with Crippen LogP contribution in [0.3, 0.4) is 0 Å². The van der Waals surface area contributed by atoms with Crippen molar-refractivity contribution in [3.05, 3.63) is 35.4 Å². The number of ether oxygens (including phenoxy) is 1. The van der Waals surface area contributed by atoms with Gasteiger partial charge in [-0.25, -0.2) is 0 Å². The molecule has 3 rings (SSSR count). The van der Waals surface area contributed by atoms with Crippen LogP contribution in [0.2, 0.25) is 0 Å². The first-order valence-corrected chi connectivity index (χ1v) is 10.5. The fraction of sp³-hybridized carbons (Fsp3) is 0.682. The quantitative estimate of drug-likeness (QED) is 0.735. The number of hydrogen-bond donors (Lipinski definition) is 0. The molecule has 5 heteroatoms. The van der Waals surface area contributed by atoms with Crippen LogP contribution in [0.4, 0.5) is 0 Å². The summed E-state index contributed by atoms with van der Waals surface area (Å²) in [5.74, 6) is 0.827. The third-order valence-electron chi connectivity index (χ3n) is 5.95. The summed E-state index contributed by atoms with van der Waals surface area (Å²) in [6.45, 7) is 10.2. The van der Waals surface area contributed by atoms with Crippen LogP contribution in [0.25, 0.3) is 0 Å². The van der Waals surface area contributed by atoms with Gasteiger partial charge in [0.25, 0.3) is 0 Å². The minimum Gasteiger partial charge on any atom is -0.372 e. The number of carbonyl (C=O) groups is 1. The first-order chi connectivity index (χ1) is 13.1. The van der Waals surface area contributed by atoms with Crippen LogP contribution in [0.5, 0.6) is 0 Å². The van der Waals surface area contributed by atoms with Crippen LogP contribution in [0.1, 0.15) is 30.9 Å². The van der Waals surface area contributed by atoms with Crippen molar-refractivity contribution in [2.24, 2.45) is 5.92 Å². The van der Waals surface area contributed by atoms with Gasteiger partial charge in [-0.1, -0.05) is 24.3 Å². The van der Waals surface area contributed by atoms with Crippen molar-refractivity contribution in [1.29, 1.82) is 0 Å². The molecule has 0 atom stereocenters. The van der Waals surface area contributed by atoms with Crippen LogP contribution in [0.15, 0.2) is 24.3 Å². The number of nitrogens with zero attached hydrogens (tertiary/aromatic N) is 3. The van der Waals surface area contributed by atoms with E-state index >= 15 is 0 Å². The average molecular weight is 374 g/mol. The van der Waals surface area contributed by atoms with Gasteiger partial charge >= 0.3 is 0 Å². The van der Waals surface area contributed by atoms with Crippen molar-refractivity contribution in [2.75, 3.05) is 59.5 Å². The molecule has 0 N–H and O–H groups in total. The largest absolute Gasteiger partial charge is 0.372 e. The Morgan fingerprint density at radius 3 is 2.26 bits per heavy atom. The molecule has 1 aromatic carbocycles. The van der Waals surface area contributed by atoms with Crippen molar-refractivity contribution >= 4 is 5.91 Å². The van der Waals surface area contributed by atoms with E-state index in [0.717, 1.165) is 38.9 Å². The van der Waals surface area contributed by atoms with E-state index in [9.17, 15) is 4.79 Å². The van der Waals surface area contributed by atoms with Gasteiger partial charge in [-0.05, 0) is 50.3 Å². The molecule has 0 unspecified atom stereocenters. The van der Waals surface area contributed by atoms with Crippen LogP contribution in [0, 0.1) is 5.92 Å². The Labute approximate surface area is 164 Å². The molecule has 27 heavy (non-hydrogen) atoms. The first kappa shape index (κ1) is 20.3. The molecule has 1 aromatic rings. The van der Waals surface area contributed by atoms with Crippen LogP contribution >= 0.6 is 0 Å². The molecule has 2 heterocycles. The normalized spacial score (nSPS) is 20.1. The number of benzene rings is 1. The maximum Gasteiger partial charge on any atom is 0.248 e. The molecule has 5 nitrogen and oxygen atoms in total. The van der Waals surface area contributed by atoms with Gasteiger partial charge in [0.1, 0.15) is 6.61 Å². The van der Waals surface area contributed by atoms with Gasteiger partial charge in [-0.2, -0.15) is 0 Å². The zero-order valence-corrected chi connectivity index (χ0v) is 17.0. The van der Waals surface area contributed by atoms with E-state index in [0.29, 0.717) is 12.5 Å². The van der Waals surface area contributed by atoms with Crippen molar-refractivity contribution in [3.8, 4) is 0 Å². The molecular formula is C22H35N3O2. The molecule has 2 aliphatic rings. The molecule has 2 aliphatic heterocycles. The van der Waals surface area contributed by atoms with Crippen LogP contribution in [-0.2, 0) is 22.5 Å². The first-order valence-electron chi connectivity index (χ1n) is 10.5. The lowest BCUT2D eigenvalue weighted by molar-refractivity contribution is -0.137. The van der Waals surface area contributed by atoms with Gasteiger partial charge in [-0.15, -0.1) is 0 Å². The van der Waals surface area contributed by atoms with Crippen LogP contribution < -0.4 is 0 Å². The standard InChI is InChI=1S/C22H35N3O2/c1-3-27-18-22(26)25-10-8-20(9-11-25)16-19-4-6-21(7-5-19)17-24-14-12-23(2)13-15-24/h4-7,20H,3,8-18H2,1-2H3. The molecule has 2 saturated heterocycles. The second-order valence-electron chi connectivity index (χ2n) is 8.06. The summed E-state index contributed by atoms with van der Waals surface area (Å²) in [7, 11) is 2.20. The molecule has 1 amide bonds. The fourth-order valence-electron chi connectivity index (χ4n) is 4.05. The SMILES string of the molecule is CCOCC(=O)N1CCC(Cc2ccc(CN3CCN(C)CC3)cc2)CC1. The Balaban J connectivity index is 1.41. The summed E-state index contributed by atoms with van der Waals surface area (Å²) in [5, 5.41) is 0. The third-order valence-corrected chi connectivity index (χ3v) is 5.95. The minimum atomic E-state index is 0.142. The maximum atomic E-state index is 12.0. The molecular weight excluding hydrogens is 338 g/mol. The highest BCUT2D eigenvalue weighted by Gasteiger charge is 2.23. The van der Waals surface area contributed by atoms with Crippen LogP contribution in [-0.4, -0.2) is 80.1 Å². The molecule has 2 fully saturated rings. The van der Waals surface area contributed by atoms with E-state index < -0.39 is 0 Å². The van der Waals surface area contributed by atoms with Crippen molar-refractivity contribution in [1.82, 2.24) is 14.7 Å². The monoisotopic (exact) mass is 373 g/mol. The van der Waals surface area contributed by atoms with Crippen molar-refractivity contribution in [2.45, 2.75) is 32.7 Å².